The Kier molecular flexibility index (Phi) is 3.31. The van der Waals surface area contributed by atoms with Crippen LogP contribution in [0.3, 0.4) is 0 Å². The molecule has 0 amide bonds. The van der Waals surface area contributed by atoms with E-state index >= 15 is 0 Å². The second kappa shape index (κ2) is 5.14. The van der Waals surface area contributed by atoms with Gasteiger partial charge in [-0.05, 0) is 18.2 Å². The predicted octanol–water partition coefficient (Wildman–Crippen LogP) is 2.72. The predicted molar refractivity (Wildman–Crippen MR) is 82.2 cm³/mol. The van der Waals surface area contributed by atoms with Gasteiger partial charge in [0.05, 0.1) is 18.9 Å². The van der Waals surface area contributed by atoms with Gasteiger partial charge in [-0.1, -0.05) is 11.6 Å². The molecule has 0 aliphatic heterocycles. The molecule has 0 fully saturated rings. The minimum Gasteiger partial charge on any atom is -0.496 e. The summed E-state index contributed by atoms with van der Waals surface area (Å²) in [7, 11) is 3.40. The number of nitrogens with two attached hydrogens (primary N) is 1. The van der Waals surface area contributed by atoms with Gasteiger partial charge in [0.1, 0.15) is 17.3 Å². The van der Waals surface area contributed by atoms with E-state index in [1.54, 1.807) is 37.3 Å². The van der Waals surface area contributed by atoms with E-state index in [-0.39, 0.29) is 0 Å². The van der Waals surface area contributed by atoms with Crippen molar-refractivity contribution in [2.24, 2.45) is 7.05 Å². The molecule has 3 N–H and O–H groups in total. The van der Waals surface area contributed by atoms with Crippen LogP contribution in [0, 0.1) is 0 Å². The first-order valence-corrected chi connectivity index (χ1v) is 6.65. The molecule has 2 heterocycles. The van der Waals surface area contributed by atoms with Crippen molar-refractivity contribution in [2.75, 3.05) is 12.8 Å². The molecule has 0 atom stereocenters. The van der Waals surface area contributed by atoms with Crippen molar-refractivity contribution in [3.8, 4) is 28.1 Å². The number of methoxy groups -OCH3 is 1. The molecule has 0 spiro atoms. The van der Waals surface area contributed by atoms with Crippen LogP contribution in [0.5, 0.6) is 5.75 Å². The molecule has 3 rings (SSSR count). The van der Waals surface area contributed by atoms with E-state index in [9.17, 15) is 0 Å². The lowest BCUT2D eigenvalue weighted by atomic mass is 10.0. The summed E-state index contributed by atoms with van der Waals surface area (Å²) in [4.78, 5) is 0. The number of H-pyrrole nitrogens is 1. The molecule has 0 bridgehead atoms. The van der Waals surface area contributed by atoms with Crippen molar-refractivity contribution in [3.05, 3.63) is 35.6 Å². The van der Waals surface area contributed by atoms with Crippen molar-refractivity contribution in [1.82, 2.24) is 20.0 Å². The highest BCUT2D eigenvalue weighted by Gasteiger charge is 2.21. The van der Waals surface area contributed by atoms with Gasteiger partial charge in [0.15, 0.2) is 0 Å². The fourth-order valence-corrected chi connectivity index (χ4v) is 2.43. The lowest BCUT2D eigenvalue weighted by Gasteiger charge is -2.10. The molecule has 21 heavy (non-hydrogen) atoms. The molecule has 3 aromatic rings. The van der Waals surface area contributed by atoms with E-state index in [4.69, 9.17) is 22.1 Å². The number of anilines is 1. The summed E-state index contributed by atoms with van der Waals surface area (Å²) in [5, 5.41) is 11.8. The Morgan fingerprint density at radius 1 is 1.38 bits per heavy atom. The minimum absolute atomic E-state index is 0.534. The zero-order valence-corrected chi connectivity index (χ0v) is 12.3. The number of aromatic amines is 1. The Bertz CT molecular complexity index is 779. The average Bonchev–Trinajstić information content (AvgIpc) is 3.08. The Morgan fingerprint density at radius 3 is 2.86 bits per heavy atom. The van der Waals surface area contributed by atoms with Crippen LogP contribution >= 0.6 is 11.6 Å². The SMILES string of the molecule is COc1ccc(Cl)cc1-c1c(-c2cn[nH]c2)nn(C)c1N. The van der Waals surface area contributed by atoms with Gasteiger partial charge in [-0.3, -0.25) is 9.78 Å². The topological polar surface area (TPSA) is 81.8 Å². The third kappa shape index (κ3) is 2.23. The molecule has 0 unspecified atom stereocenters. The summed E-state index contributed by atoms with van der Waals surface area (Å²) >= 11 is 6.12. The molecule has 6 nitrogen and oxygen atoms in total. The summed E-state index contributed by atoms with van der Waals surface area (Å²) in [5.41, 5.74) is 9.33. The lowest BCUT2D eigenvalue weighted by Crippen LogP contribution is -1.98. The molecule has 0 radical (unpaired) electrons. The van der Waals surface area contributed by atoms with Crippen molar-refractivity contribution < 1.29 is 4.74 Å². The maximum absolute atomic E-state index is 6.19. The van der Waals surface area contributed by atoms with Gasteiger partial charge in [0.25, 0.3) is 0 Å². The third-order valence-electron chi connectivity index (χ3n) is 3.29. The smallest absolute Gasteiger partial charge is 0.130 e. The number of hydrogen-bond donors (Lipinski definition) is 2. The number of aryl methyl sites for hydroxylation is 1. The van der Waals surface area contributed by atoms with Gasteiger partial charge < -0.3 is 10.5 Å². The van der Waals surface area contributed by atoms with Crippen LogP contribution in [-0.4, -0.2) is 27.1 Å². The first-order valence-electron chi connectivity index (χ1n) is 6.27. The van der Waals surface area contributed by atoms with Crippen molar-refractivity contribution in [2.45, 2.75) is 0 Å². The minimum atomic E-state index is 0.534. The second-order valence-electron chi connectivity index (χ2n) is 4.56. The Labute approximate surface area is 126 Å². The molecule has 2 aromatic heterocycles. The maximum Gasteiger partial charge on any atom is 0.130 e. The Hall–Kier alpha value is -2.47. The van der Waals surface area contributed by atoms with E-state index in [1.165, 1.54) is 0 Å². The molecule has 0 saturated carbocycles. The number of ether oxygens (including phenoxy) is 1. The van der Waals surface area contributed by atoms with Gasteiger partial charge in [0, 0.05) is 29.4 Å². The largest absolute Gasteiger partial charge is 0.496 e. The van der Waals surface area contributed by atoms with Gasteiger partial charge in [-0.2, -0.15) is 10.2 Å². The van der Waals surface area contributed by atoms with E-state index in [0.29, 0.717) is 16.6 Å². The van der Waals surface area contributed by atoms with Gasteiger partial charge in [0.2, 0.25) is 0 Å². The molecule has 1 aromatic carbocycles. The molecular weight excluding hydrogens is 290 g/mol. The molecule has 0 aliphatic rings. The van der Waals surface area contributed by atoms with E-state index in [2.05, 4.69) is 15.3 Å². The van der Waals surface area contributed by atoms with E-state index in [0.717, 1.165) is 22.4 Å². The highest BCUT2D eigenvalue weighted by molar-refractivity contribution is 6.31. The van der Waals surface area contributed by atoms with Gasteiger partial charge in [-0.25, -0.2) is 0 Å². The Morgan fingerprint density at radius 2 is 2.19 bits per heavy atom. The summed E-state index contributed by atoms with van der Waals surface area (Å²) in [5.74, 6) is 1.22. The highest BCUT2D eigenvalue weighted by atomic mass is 35.5. The third-order valence-corrected chi connectivity index (χ3v) is 3.53. The number of nitrogen functional groups attached to an aromatic ring is 1. The monoisotopic (exact) mass is 303 g/mol. The number of hydrogen-bond acceptors (Lipinski definition) is 4. The van der Waals surface area contributed by atoms with Crippen LogP contribution in [0.25, 0.3) is 22.4 Å². The van der Waals surface area contributed by atoms with Gasteiger partial charge >= 0.3 is 0 Å². The van der Waals surface area contributed by atoms with Crippen LogP contribution in [0.1, 0.15) is 0 Å². The number of aromatic nitrogens is 4. The normalized spacial score (nSPS) is 10.8. The number of rotatable bonds is 3. The average molecular weight is 304 g/mol. The van der Waals surface area contributed by atoms with Crippen molar-refractivity contribution in [3.63, 3.8) is 0 Å². The molecule has 7 heteroatoms. The number of nitrogens with one attached hydrogen (secondary N) is 1. The van der Waals surface area contributed by atoms with Crippen molar-refractivity contribution in [1.29, 1.82) is 0 Å². The fraction of sp³-hybridized carbons (Fsp3) is 0.143. The van der Waals surface area contributed by atoms with Crippen molar-refractivity contribution >= 4 is 17.4 Å². The first-order chi connectivity index (χ1) is 10.1. The Balaban J connectivity index is 2.30. The number of nitrogens with zero attached hydrogens (tertiary/aromatic N) is 3. The molecular formula is C14H14ClN5O. The first kappa shape index (κ1) is 13.5. The zero-order chi connectivity index (χ0) is 15.0. The number of benzene rings is 1. The van der Waals surface area contributed by atoms with Crippen LogP contribution in [-0.2, 0) is 7.05 Å². The number of halogens is 1. The zero-order valence-electron chi connectivity index (χ0n) is 11.6. The van der Waals surface area contributed by atoms with Crippen LogP contribution in [0.2, 0.25) is 5.02 Å². The maximum atomic E-state index is 6.19. The van der Waals surface area contributed by atoms with E-state index in [1.807, 2.05) is 12.1 Å². The molecule has 0 aliphatic carbocycles. The quantitative estimate of drug-likeness (QED) is 0.779. The van der Waals surface area contributed by atoms with Crippen LogP contribution in [0.15, 0.2) is 30.6 Å². The summed E-state index contributed by atoms with van der Waals surface area (Å²) in [6, 6.07) is 5.40. The summed E-state index contributed by atoms with van der Waals surface area (Å²) in [6.45, 7) is 0. The molecule has 108 valence electrons. The van der Waals surface area contributed by atoms with Crippen LogP contribution in [0.4, 0.5) is 5.82 Å². The van der Waals surface area contributed by atoms with Gasteiger partial charge in [-0.15, -0.1) is 0 Å². The highest BCUT2D eigenvalue weighted by Crippen LogP contribution is 2.41. The standard InChI is InChI=1S/C14H14ClN5O/c1-20-14(16)12(13(19-20)8-6-17-18-7-8)10-5-9(15)3-4-11(10)21-2/h3-7H,16H2,1-2H3,(H,17,18). The lowest BCUT2D eigenvalue weighted by molar-refractivity contribution is 0.416. The summed E-state index contributed by atoms with van der Waals surface area (Å²) < 4.78 is 7.04. The summed E-state index contributed by atoms with van der Waals surface area (Å²) in [6.07, 6.45) is 3.46. The van der Waals surface area contributed by atoms with E-state index < -0.39 is 0 Å². The van der Waals surface area contributed by atoms with Crippen LogP contribution < -0.4 is 10.5 Å². The second-order valence-corrected chi connectivity index (χ2v) is 5.00. The fourth-order valence-electron chi connectivity index (χ4n) is 2.26. The molecule has 0 saturated heterocycles.